The number of carbonyl (C=O) groups excluding carboxylic acids is 1. The molecule has 0 bridgehead atoms. The largest absolute Gasteiger partial charge is 0.465 e. The van der Waals surface area contributed by atoms with Gasteiger partial charge in [0.2, 0.25) is 0 Å². The van der Waals surface area contributed by atoms with E-state index in [1.165, 1.54) is 12.0 Å². The number of hydrogen-bond acceptors (Lipinski definition) is 6. The average molecular weight is 357 g/mol. The monoisotopic (exact) mass is 357 g/mol. The van der Waals surface area contributed by atoms with Gasteiger partial charge < -0.3 is 4.74 Å². The normalized spacial score (nSPS) is 16.4. The maximum Gasteiger partial charge on any atom is 0.319 e. The number of benzene rings is 1. The molecule has 1 aromatic carbocycles. The number of nitrogens with zero attached hydrogens (tertiary/aromatic N) is 4. The number of tetrazole rings is 1. The van der Waals surface area contributed by atoms with Crippen molar-refractivity contribution in [3.05, 3.63) is 35.2 Å². The predicted octanol–water partition coefficient (Wildman–Crippen LogP) is 2.59. The second-order valence-electron chi connectivity index (χ2n) is 6.93. The molecule has 0 atom stereocenters. The third-order valence-electron chi connectivity index (χ3n) is 5.29. The minimum absolute atomic E-state index is 0.160. The maximum absolute atomic E-state index is 11.9. The lowest BCUT2D eigenvalue weighted by atomic mass is 9.80. The first-order valence-electron chi connectivity index (χ1n) is 9.33. The highest BCUT2D eigenvalue weighted by atomic mass is 16.5. The number of esters is 1. The third-order valence-corrected chi connectivity index (χ3v) is 5.29. The van der Waals surface area contributed by atoms with Crippen LogP contribution in [-0.4, -0.2) is 39.3 Å². The molecular weight excluding hydrogens is 330 g/mol. The quantitative estimate of drug-likeness (QED) is 0.800. The van der Waals surface area contributed by atoms with Crippen LogP contribution >= 0.6 is 0 Å². The Bertz CT molecular complexity index is 765. The minimum Gasteiger partial charge on any atom is -0.465 e. The van der Waals surface area contributed by atoms with Crippen LogP contribution in [0.2, 0.25) is 0 Å². The van der Waals surface area contributed by atoms with Crippen LogP contribution < -0.4 is 5.32 Å². The lowest BCUT2D eigenvalue weighted by Gasteiger charge is -2.36. The van der Waals surface area contributed by atoms with Gasteiger partial charge in [-0.05, 0) is 61.2 Å². The van der Waals surface area contributed by atoms with Crippen LogP contribution in [0, 0.1) is 13.8 Å². The molecule has 0 unspecified atom stereocenters. The Morgan fingerprint density at radius 2 is 2.04 bits per heavy atom. The Labute approximate surface area is 154 Å². The molecule has 7 heteroatoms. The molecule has 140 valence electrons. The second kappa shape index (κ2) is 7.95. The van der Waals surface area contributed by atoms with Crippen LogP contribution in [0.4, 0.5) is 0 Å². The Morgan fingerprint density at radius 3 is 2.77 bits per heavy atom. The van der Waals surface area contributed by atoms with Gasteiger partial charge >= 0.3 is 5.97 Å². The fourth-order valence-electron chi connectivity index (χ4n) is 3.70. The van der Waals surface area contributed by atoms with Crippen LogP contribution in [-0.2, 0) is 15.1 Å². The van der Waals surface area contributed by atoms with E-state index in [2.05, 4.69) is 40.8 Å². The Hall–Kier alpha value is -2.28. The Kier molecular flexibility index (Phi) is 5.66. The molecule has 7 nitrogen and oxygen atoms in total. The first kappa shape index (κ1) is 18.5. The van der Waals surface area contributed by atoms with Gasteiger partial charge in [-0.3, -0.25) is 10.1 Å². The van der Waals surface area contributed by atoms with Crippen LogP contribution in [0.5, 0.6) is 0 Å². The minimum atomic E-state index is -0.412. The van der Waals surface area contributed by atoms with E-state index in [0.29, 0.717) is 6.61 Å². The summed E-state index contributed by atoms with van der Waals surface area (Å²) in [6, 6.07) is 6.13. The molecule has 0 amide bonds. The third kappa shape index (κ3) is 3.62. The van der Waals surface area contributed by atoms with Gasteiger partial charge in [0, 0.05) is 0 Å². The number of aryl methyl sites for hydroxylation is 1. The summed E-state index contributed by atoms with van der Waals surface area (Å²) in [5, 5.41) is 16.0. The summed E-state index contributed by atoms with van der Waals surface area (Å²) >= 11 is 0. The van der Waals surface area contributed by atoms with E-state index in [4.69, 9.17) is 4.74 Å². The maximum atomic E-state index is 11.9. The van der Waals surface area contributed by atoms with Crippen molar-refractivity contribution < 1.29 is 9.53 Å². The molecular formula is C19H27N5O2. The average Bonchev–Trinajstić information content (AvgIpc) is 3.14. The van der Waals surface area contributed by atoms with E-state index in [1.54, 1.807) is 0 Å². The Balaban J connectivity index is 1.97. The van der Waals surface area contributed by atoms with Crippen LogP contribution in [0.25, 0.3) is 5.69 Å². The van der Waals surface area contributed by atoms with E-state index >= 15 is 0 Å². The van der Waals surface area contributed by atoms with Crippen molar-refractivity contribution in [1.29, 1.82) is 0 Å². The highest BCUT2D eigenvalue weighted by Gasteiger charge is 2.39. The summed E-state index contributed by atoms with van der Waals surface area (Å²) in [4.78, 5) is 11.9. The van der Waals surface area contributed by atoms with Crippen molar-refractivity contribution in [2.75, 3.05) is 13.2 Å². The molecule has 2 aromatic rings. The number of rotatable bonds is 6. The second-order valence-corrected chi connectivity index (χ2v) is 6.93. The van der Waals surface area contributed by atoms with E-state index in [1.807, 2.05) is 23.7 Å². The Morgan fingerprint density at radius 1 is 1.27 bits per heavy atom. The molecule has 26 heavy (non-hydrogen) atoms. The van der Waals surface area contributed by atoms with Crippen molar-refractivity contribution in [1.82, 2.24) is 25.5 Å². The summed E-state index contributed by atoms with van der Waals surface area (Å²) in [5.74, 6) is 0.526. The van der Waals surface area contributed by atoms with Gasteiger partial charge in [0.25, 0.3) is 0 Å². The molecule has 0 aliphatic heterocycles. The zero-order chi connectivity index (χ0) is 18.6. The number of carbonyl (C=O) groups is 1. The van der Waals surface area contributed by atoms with Gasteiger partial charge in [-0.15, -0.1) is 5.10 Å². The molecule has 1 fully saturated rings. The molecule has 3 rings (SSSR count). The summed E-state index contributed by atoms with van der Waals surface area (Å²) < 4.78 is 6.91. The molecule has 0 saturated heterocycles. The topological polar surface area (TPSA) is 81.9 Å². The molecule has 1 aliphatic rings. The lowest BCUT2D eigenvalue weighted by Crippen LogP contribution is -2.48. The van der Waals surface area contributed by atoms with Crippen molar-refractivity contribution in [3.8, 4) is 5.69 Å². The molecule has 1 heterocycles. The number of aromatic nitrogens is 4. The van der Waals surface area contributed by atoms with Crippen LogP contribution in [0.15, 0.2) is 18.2 Å². The fourth-order valence-corrected chi connectivity index (χ4v) is 3.70. The number of ether oxygens (including phenoxy) is 1. The number of nitrogens with one attached hydrogen (secondary N) is 1. The summed E-state index contributed by atoms with van der Waals surface area (Å²) in [6.07, 6.45) is 5.15. The van der Waals surface area contributed by atoms with Crippen LogP contribution in [0.1, 0.15) is 56.0 Å². The van der Waals surface area contributed by atoms with Gasteiger partial charge in [0.1, 0.15) is 0 Å². The zero-order valence-corrected chi connectivity index (χ0v) is 15.8. The zero-order valence-electron chi connectivity index (χ0n) is 15.8. The summed E-state index contributed by atoms with van der Waals surface area (Å²) in [7, 11) is 0. The highest BCUT2D eigenvalue weighted by molar-refractivity contribution is 5.71. The molecule has 1 saturated carbocycles. The van der Waals surface area contributed by atoms with Crippen molar-refractivity contribution >= 4 is 5.97 Å². The van der Waals surface area contributed by atoms with E-state index in [-0.39, 0.29) is 12.5 Å². The van der Waals surface area contributed by atoms with Gasteiger partial charge in [-0.25, -0.2) is 0 Å². The molecule has 1 N–H and O–H groups in total. The van der Waals surface area contributed by atoms with Crippen molar-refractivity contribution in [2.24, 2.45) is 0 Å². The highest BCUT2D eigenvalue weighted by Crippen LogP contribution is 2.37. The number of hydrogen-bond donors (Lipinski definition) is 1. The SMILES string of the molecule is CCOC(=O)CNC1(c2nnnn2-c2cccc(C)c2C)CCCCC1. The molecule has 0 spiro atoms. The summed E-state index contributed by atoms with van der Waals surface area (Å²) in [6.45, 7) is 6.52. The van der Waals surface area contributed by atoms with E-state index in [0.717, 1.165) is 42.8 Å². The molecule has 1 aromatic heterocycles. The summed E-state index contributed by atoms with van der Waals surface area (Å²) in [5.41, 5.74) is 2.91. The van der Waals surface area contributed by atoms with E-state index in [9.17, 15) is 4.79 Å². The predicted molar refractivity (Wildman–Crippen MR) is 98.0 cm³/mol. The van der Waals surface area contributed by atoms with Gasteiger partial charge in [-0.2, -0.15) is 4.68 Å². The lowest BCUT2D eigenvalue weighted by molar-refractivity contribution is -0.142. The smallest absolute Gasteiger partial charge is 0.319 e. The van der Waals surface area contributed by atoms with Crippen molar-refractivity contribution in [2.45, 2.75) is 58.4 Å². The van der Waals surface area contributed by atoms with Gasteiger partial charge in [0.05, 0.1) is 24.4 Å². The molecule has 1 aliphatic carbocycles. The first-order chi connectivity index (χ1) is 12.6. The fraction of sp³-hybridized carbons (Fsp3) is 0.579. The van der Waals surface area contributed by atoms with Gasteiger partial charge in [0.15, 0.2) is 5.82 Å². The van der Waals surface area contributed by atoms with E-state index < -0.39 is 5.54 Å². The standard InChI is InChI=1S/C19H27N5O2/c1-4-26-17(25)13-20-19(11-6-5-7-12-19)18-21-22-23-24(18)16-10-8-9-14(2)15(16)3/h8-10,20H,4-7,11-13H2,1-3H3. The van der Waals surface area contributed by atoms with Gasteiger partial charge in [-0.1, -0.05) is 31.4 Å². The first-order valence-corrected chi connectivity index (χ1v) is 9.33. The van der Waals surface area contributed by atoms with Crippen molar-refractivity contribution in [3.63, 3.8) is 0 Å². The van der Waals surface area contributed by atoms with Crippen LogP contribution in [0.3, 0.4) is 0 Å². The molecule has 0 radical (unpaired) electrons.